The first-order valence-corrected chi connectivity index (χ1v) is 13.4. The SMILES string of the molecule is CCc1ccccc1NC(=O)CCN1C(=S)N[C@@H](c2ccccn2)[C@@H]1c1ccc(-c2ccc(C)c(Cl)c2)o1. The minimum Gasteiger partial charge on any atom is -0.459 e. The van der Waals surface area contributed by atoms with Crippen LogP contribution in [-0.2, 0) is 11.2 Å². The number of thiocarbonyl (C=S) groups is 1. The minimum atomic E-state index is -0.275. The van der Waals surface area contributed by atoms with E-state index in [1.54, 1.807) is 6.20 Å². The molecule has 0 unspecified atom stereocenters. The van der Waals surface area contributed by atoms with E-state index in [1.807, 2.05) is 84.6 Å². The van der Waals surface area contributed by atoms with Crippen LogP contribution in [-0.4, -0.2) is 27.4 Å². The lowest BCUT2D eigenvalue weighted by Gasteiger charge is -2.26. The number of nitrogens with one attached hydrogen (secondary N) is 2. The summed E-state index contributed by atoms with van der Waals surface area (Å²) in [4.78, 5) is 19.5. The molecule has 0 radical (unpaired) electrons. The monoisotopic (exact) mass is 544 g/mol. The van der Waals surface area contributed by atoms with Crippen molar-refractivity contribution in [3.05, 3.63) is 107 Å². The number of aryl methyl sites for hydroxylation is 2. The van der Waals surface area contributed by atoms with E-state index in [2.05, 4.69) is 22.5 Å². The Labute approximate surface area is 233 Å². The summed E-state index contributed by atoms with van der Waals surface area (Å²) in [6.45, 7) is 4.47. The fourth-order valence-corrected chi connectivity index (χ4v) is 5.27. The summed E-state index contributed by atoms with van der Waals surface area (Å²) < 4.78 is 6.38. The van der Waals surface area contributed by atoms with Gasteiger partial charge in [0.1, 0.15) is 17.6 Å². The van der Waals surface area contributed by atoms with Gasteiger partial charge in [-0.05, 0) is 73.1 Å². The number of nitrogens with zero attached hydrogens (tertiary/aromatic N) is 2. The first kappa shape index (κ1) is 25.9. The van der Waals surface area contributed by atoms with Crippen LogP contribution in [0.5, 0.6) is 0 Å². The third kappa shape index (κ3) is 5.44. The maximum absolute atomic E-state index is 12.9. The lowest BCUT2D eigenvalue weighted by Crippen LogP contribution is -2.32. The molecular weight excluding hydrogens is 516 g/mol. The highest BCUT2D eigenvalue weighted by atomic mass is 35.5. The Bertz CT molecular complexity index is 1460. The van der Waals surface area contributed by atoms with Crippen molar-refractivity contribution in [2.75, 3.05) is 11.9 Å². The lowest BCUT2D eigenvalue weighted by atomic mass is 10.0. The molecule has 1 amide bonds. The largest absolute Gasteiger partial charge is 0.459 e. The van der Waals surface area contributed by atoms with Crippen LogP contribution in [0.15, 0.2) is 83.4 Å². The molecule has 8 heteroatoms. The van der Waals surface area contributed by atoms with E-state index in [4.69, 9.17) is 28.2 Å². The second kappa shape index (κ2) is 11.4. The molecule has 2 aromatic heterocycles. The number of benzene rings is 2. The molecular formula is C30H29ClN4O2S. The number of amides is 1. The standard InChI is InChI=1S/C30H29ClN4O2S/c1-3-20-8-4-5-9-23(20)33-27(36)15-17-35-29(28(34-30(35)38)24-10-6-7-16-32-24)26-14-13-25(37-26)21-12-11-19(2)22(31)18-21/h4-14,16,18,28-29H,3,15,17H2,1-2H3,(H,33,36)(H,34,38)/t28-,29-/m0/s1. The minimum absolute atomic E-state index is 0.0665. The van der Waals surface area contributed by atoms with Crippen LogP contribution in [0.2, 0.25) is 5.02 Å². The number of para-hydroxylation sites is 1. The number of halogens is 1. The molecule has 4 aromatic rings. The first-order valence-electron chi connectivity index (χ1n) is 12.7. The fraction of sp³-hybridized carbons (Fsp3) is 0.233. The number of furan rings is 1. The van der Waals surface area contributed by atoms with E-state index in [1.165, 1.54) is 0 Å². The zero-order chi connectivity index (χ0) is 26.6. The van der Waals surface area contributed by atoms with Crippen LogP contribution in [0, 0.1) is 6.92 Å². The molecule has 6 nitrogen and oxygen atoms in total. The normalized spacial score (nSPS) is 16.9. The summed E-state index contributed by atoms with van der Waals surface area (Å²) in [7, 11) is 0. The molecule has 5 rings (SSSR count). The molecule has 194 valence electrons. The van der Waals surface area contributed by atoms with Gasteiger partial charge in [0.05, 0.1) is 11.7 Å². The lowest BCUT2D eigenvalue weighted by molar-refractivity contribution is -0.116. The summed E-state index contributed by atoms with van der Waals surface area (Å²) >= 11 is 12.1. The number of carbonyl (C=O) groups excluding carboxylic acids is 1. The van der Waals surface area contributed by atoms with Crippen molar-refractivity contribution in [1.82, 2.24) is 15.2 Å². The van der Waals surface area contributed by atoms with Crippen LogP contribution in [0.25, 0.3) is 11.3 Å². The Morgan fingerprint density at radius 3 is 2.71 bits per heavy atom. The van der Waals surface area contributed by atoms with Gasteiger partial charge in [-0.1, -0.05) is 54.9 Å². The smallest absolute Gasteiger partial charge is 0.226 e. The number of rotatable bonds is 8. The first-order chi connectivity index (χ1) is 18.4. The quantitative estimate of drug-likeness (QED) is 0.236. The highest BCUT2D eigenvalue weighted by Gasteiger charge is 2.41. The van der Waals surface area contributed by atoms with Gasteiger partial charge in [0.2, 0.25) is 5.91 Å². The van der Waals surface area contributed by atoms with Gasteiger partial charge < -0.3 is 20.0 Å². The third-order valence-corrected chi connectivity index (χ3v) is 7.58. The molecule has 38 heavy (non-hydrogen) atoms. The molecule has 1 aliphatic heterocycles. The third-order valence-electron chi connectivity index (χ3n) is 6.82. The average molecular weight is 545 g/mol. The van der Waals surface area contributed by atoms with E-state index in [0.29, 0.717) is 22.4 Å². The summed E-state index contributed by atoms with van der Waals surface area (Å²) in [5.41, 5.74) is 4.70. The molecule has 2 atom stereocenters. The van der Waals surface area contributed by atoms with Gasteiger partial charge in [0.25, 0.3) is 0 Å². The molecule has 0 saturated carbocycles. The summed E-state index contributed by atoms with van der Waals surface area (Å²) in [5, 5.41) is 7.71. The molecule has 0 aliphatic carbocycles. The van der Waals surface area contributed by atoms with E-state index >= 15 is 0 Å². The molecule has 0 spiro atoms. The van der Waals surface area contributed by atoms with Gasteiger partial charge in [0, 0.05) is 35.4 Å². The van der Waals surface area contributed by atoms with Gasteiger partial charge >= 0.3 is 0 Å². The Morgan fingerprint density at radius 2 is 1.95 bits per heavy atom. The number of pyridine rings is 1. The predicted molar refractivity (Wildman–Crippen MR) is 155 cm³/mol. The zero-order valence-corrected chi connectivity index (χ0v) is 22.9. The Kier molecular flexibility index (Phi) is 7.77. The van der Waals surface area contributed by atoms with Gasteiger partial charge in [-0.2, -0.15) is 0 Å². The van der Waals surface area contributed by atoms with Gasteiger partial charge in [-0.3, -0.25) is 9.78 Å². The number of hydrogen-bond donors (Lipinski definition) is 2. The summed E-state index contributed by atoms with van der Waals surface area (Å²) in [5.74, 6) is 1.38. The Hall–Kier alpha value is -3.68. The topological polar surface area (TPSA) is 70.4 Å². The van der Waals surface area contributed by atoms with Crippen molar-refractivity contribution in [1.29, 1.82) is 0 Å². The molecule has 2 aromatic carbocycles. The predicted octanol–water partition coefficient (Wildman–Crippen LogP) is 6.87. The van der Waals surface area contributed by atoms with Crippen molar-refractivity contribution in [3.8, 4) is 11.3 Å². The number of carbonyl (C=O) groups is 1. The van der Waals surface area contributed by atoms with Gasteiger partial charge in [-0.25, -0.2) is 0 Å². The summed E-state index contributed by atoms with van der Waals surface area (Å²) in [6.07, 6.45) is 2.88. The highest BCUT2D eigenvalue weighted by Crippen LogP contribution is 2.40. The Balaban J connectivity index is 1.40. The van der Waals surface area contributed by atoms with E-state index < -0.39 is 0 Å². The number of anilines is 1. The summed E-state index contributed by atoms with van der Waals surface area (Å²) in [6, 6.07) is 22.9. The molecule has 1 fully saturated rings. The van der Waals surface area contributed by atoms with E-state index in [0.717, 1.165) is 40.3 Å². The molecule has 0 bridgehead atoms. The van der Waals surface area contributed by atoms with Crippen molar-refractivity contribution in [3.63, 3.8) is 0 Å². The van der Waals surface area contributed by atoms with Crippen LogP contribution in [0.4, 0.5) is 5.69 Å². The molecule has 1 aliphatic rings. The average Bonchev–Trinajstić information content (AvgIpc) is 3.54. The van der Waals surface area contributed by atoms with Gasteiger partial charge in [0.15, 0.2) is 5.11 Å². The number of hydrogen-bond acceptors (Lipinski definition) is 4. The maximum atomic E-state index is 12.9. The highest BCUT2D eigenvalue weighted by molar-refractivity contribution is 7.80. The van der Waals surface area contributed by atoms with Gasteiger partial charge in [-0.15, -0.1) is 0 Å². The molecule has 3 heterocycles. The van der Waals surface area contributed by atoms with Crippen LogP contribution in [0.3, 0.4) is 0 Å². The fourth-order valence-electron chi connectivity index (χ4n) is 4.75. The van der Waals surface area contributed by atoms with Crippen molar-refractivity contribution in [2.24, 2.45) is 0 Å². The van der Waals surface area contributed by atoms with E-state index in [9.17, 15) is 4.79 Å². The van der Waals surface area contributed by atoms with Crippen molar-refractivity contribution >= 4 is 40.5 Å². The second-order valence-electron chi connectivity index (χ2n) is 9.29. The number of aromatic nitrogens is 1. The van der Waals surface area contributed by atoms with Crippen molar-refractivity contribution < 1.29 is 9.21 Å². The van der Waals surface area contributed by atoms with Crippen LogP contribution < -0.4 is 10.6 Å². The Morgan fingerprint density at radius 1 is 1.13 bits per heavy atom. The zero-order valence-electron chi connectivity index (χ0n) is 21.3. The van der Waals surface area contributed by atoms with Crippen LogP contribution >= 0.6 is 23.8 Å². The van der Waals surface area contributed by atoms with Crippen molar-refractivity contribution in [2.45, 2.75) is 38.8 Å². The van der Waals surface area contributed by atoms with Crippen LogP contribution in [0.1, 0.15) is 48.0 Å². The van der Waals surface area contributed by atoms with E-state index in [-0.39, 0.29) is 24.4 Å². The second-order valence-corrected chi connectivity index (χ2v) is 10.1. The molecule has 2 N–H and O–H groups in total. The molecule has 1 saturated heterocycles. The maximum Gasteiger partial charge on any atom is 0.226 e.